The molecule has 0 aromatic heterocycles. The molecule has 13 nitrogen and oxygen atoms in total. The summed E-state index contributed by atoms with van der Waals surface area (Å²) < 4.78 is 70.8. The molecule has 0 spiro atoms. The summed E-state index contributed by atoms with van der Waals surface area (Å²) in [4.78, 5) is 53.2. The molecule has 0 unspecified atom stereocenters. The van der Waals surface area contributed by atoms with Crippen molar-refractivity contribution in [2.45, 2.75) is 37.2 Å². The quantitative estimate of drug-likeness (QED) is 0.230. The smallest absolute Gasteiger partial charge is 0.411 e. The second-order valence-electron chi connectivity index (χ2n) is 10.9. The third kappa shape index (κ3) is 7.91. The molecule has 16 heteroatoms. The second-order valence-corrected chi connectivity index (χ2v) is 13.2. The molecular formula is C33H36F2N4O9S. The number of ether oxygens (including phenoxy) is 3. The molecule has 3 aromatic rings. The van der Waals surface area contributed by atoms with Crippen LogP contribution in [0.1, 0.15) is 53.8 Å². The zero-order valence-electron chi connectivity index (χ0n) is 27.1. The van der Waals surface area contributed by atoms with Crippen LogP contribution >= 0.6 is 0 Å². The van der Waals surface area contributed by atoms with Gasteiger partial charge in [0.2, 0.25) is 5.91 Å². The minimum absolute atomic E-state index is 0.00632. The first-order valence-corrected chi connectivity index (χ1v) is 16.8. The van der Waals surface area contributed by atoms with E-state index in [-0.39, 0.29) is 58.5 Å². The van der Waals surface area contributed by atoms with E-state index in [1.165, 1.54) is 55.3 Å². The Hall–Kier alpha value is -5.25. The van der Waals surface area contributed by atoms with Gasteiger partial charge in [0.15, 0.2) is 21.4 Å². The highest BCUT2D eigenvalue weighted by Gasteiger charge is 2.46. The van der Waals surface area contributed by atoms with Gasteiger partial charge in [-0.15, -0.1) is 0 Å². The standard InChI is InChI=1S/C33H36F2N4O9S/c1-5-48-32(42)21-13-14-39(29(21)23-17-20(38-33(43)47-4)9-12-27(23)49(44,45)6-2)31(41)28(18-7-10-25(35)26(15-18)46-3)37-19-8-11-24(34)22(16-19)30(36)40/h7-12,15-17,21,28-29,37H,5-6,13-14H2,1-4H3,(H2,36,40)(H,38,43)/t21-,28+,29+/m0/s1. The van der Waals surface area contributed by atoms with Crippen LogP contribution in [-0.4, -0.2) is 70.3 Å². The summed E-state index contributed by atoms with van der Waals surface area (Å²) in [6.07, 6.45) is -0.778. The Morgan fingerprint density at radius 1 is 0.980 bits per heavy atom. The van der Waals surface area contributed by atoms with Crippen LogP contribution in [0.15, 0.2) is 59.5 Å². The number of esters is 1. The third-order valence-corrected chi connectivity index (χ3v) is 9.85. The van der Waals surface area contributed by atoms with Crippen molar-refractivity contribution < 1.29 is 50.6 Å². The number of carbonyl (C=O) groups excluding carboxylic acids is 4. The van der Waals surface area contributed by atoms with Crippen LogP contribution in [0.5, 0.6) is 5.75 Å². The van der Waals surface area contributed by atoms with Crippen LogP contribution in [-0.2, 0) is 28.9 Å². The zero-order valence-corrected chi connectivity index (χ0v) is 27.9. The number of anilines is 2. The number of sulfone groups is 1. The lowest BCUT2D eigenvalue weighted by Gasteiger charge is -2.33. The SMILES string of the molecule is CCOC(=O)[C@H]1CCN(C(=O)[C@H](Nc2ccc(F)c(C(N)=O)c2)c2ccc(F)c(OC)c2)[C@H]1c1cc(NC(=O)OC)ccc1S(=O)(=O)CC. The third-order valence-electron chi connectivity index (χ3n) is 8.04. The summed E-state index contributed by atoms with van der Waals surface area (Å²) >= 11 is 0. The number of hydrogen-bond donors (Lipinski definition) is 3. The molecule has 3 atom stereocenters. The minimum Gasteiger partial charge on any atom is -0.494 e. The molecule has 0 radical (unpaired) electrons. The van der Waals surface area contributed by atoms with Crippen molar-refractivity contribution in [2.75, 3.05) is 43.8 Å². The van der Waals surface area contributed by atoms with Gasteiger partial charge in [0.1, 0.15) is 11.9 Å². The number of nitrogens with two attached hydrogens (primary N) is 1. The monoisotopic (exact) mass is 702 g/mol. The lowest BCUT2D eigenvalue weighted by Crippen LogP contribution is -2.40. The van der Waals surface area contributed by atoms with Crippen molar-refractivity contribution in [1.82, 2.24) is 4.90 Å². The lowest BCUT2D eigenvalue weighted by molar-refractivity contribution is -0.149. The lowest BCUT2D eigenvalue weighted by atomic mass is 9.92. The molecule has 262 valence electrons. The van der Waals surface area contributed by atoms with E-state index in [1.807, 2.05) is 0 Å². The average molecular weight is 703 g/mol. The maximum absolute atomic E-state index is 14.7. The predicted molar refractivity (Wildman–Crippen MR) is 174 cm³/mol. The summed E-state index contributed by atoms with van der Waals surface area (Å²) in [7, 11) is -1.59. The Bertz CT molecular complexity index is 1870. The van der Waals surface area contributed by atoms with Gasteiger partial charge in [-0.1, -0.05) is 13.0 Å². The van der Waals surface area contributed by atoms with E-state index in [4.69, 9.17) is 15.2 Å². The van der Waals surface area contributed by atoms with Crippen molar-refractivity contribution in [1.29, 1.82) is 0 Å². The molecule has 49 heavy (non-hydrogen) atoms. The number of amides is 3. The number of rotatable bonds is 12. The molecule has 1 fully saturated rings. The van der Waals surface area contributed by atoms with Crippen LogP contribution in [0.3, 0.4) is 0 Å². The fraction of sp³-hybridized carbons (Fsp3) is 0.333. The van der Waals surface area contributed by atoms with E-state index in [1.54, 1.807) is 6.92 Å². The number of carbonyl (C=O) groups is 4. The minimum atomic E-state index is -3.97. The van der Waals surface area contributed by atoms with Crippen molar-refractivity contribution >= 4 is 45.1 Å². The normalized spacial score (nSPS) is 16.4. The van der Waals surface area contributed by atoms with E-state index in [0.717, 1.165) is 25.3 Å². The summed E-state index contributed by atoms with van der Waals surface area (Å²) in [6.45, 7) is 2.99. The number of likely N-dealkylation sites (tertiary alicyclic amines) is 1. The van der Waals surface area contributed by atoms with Gasteiger partial charge in [0, 0.05) is 17.9 Å². The highest BCUT2D eigenvalue weighted by atomic mass is 32.2. The Morgan fingerprint density at radius 3 is 2.31 bits per heavy atom. The van der Waals surface area contributed by atoms with Crippen LogP contribution in [0.4, 0.5) is 25.0 Å². The van der Waals surface area contributed by atoms with E-state index >= 15 is 0 Å². The van der Waals surface area contributed by atoms with E-state index in [2.05, 4.69) is 15.4 Å². The van der Waals surface area contributed by atoms with Gasteiger partial charge in [0.05, 0.1) is 49.0 Å². The number of halogens is 2. The summed E-state index contributed by atoms with van der Waals surface area (Å²) in [5, 5.41) is 5.43. The number of primary amides is 1. The largest absolute Gasteiger partial charge is 0.494 e. The van der Waals surface area contributed by atoms with E-state index in [0.29, 0.717) is 0 Å². The molecule has 1 aliphatic rings. The average Bonchev–Trinajstić information content (AvgIpc) is 3.53. The van der Waals surface area contributed by atoms with E-state index in [9.17, 15) is 36.4 Å². The predicted octanol–water partition coefficient (Wildman–Crippen LogP) is 4.35. The fourth-order valence-electron chi connectivity index (χ4n) is 5.67. The Balaban J connectivity index is 1.93. The first-order valence-electron chi connectivity index (χ1n) is 15.1. The molecule has 3 amide bonds. The number of benzene rings is 3. The molecule has 3 aromatic carbocycles. The number of nitrogens with zero attached hydrogens (tertiary/aromatic N) is 1. The fourth-order valence-corrected chi connectivity index (χ4v) is 6.79. The van der Waals surface area contributed by atoms with Gasteiger partial charge in [-0.05, 0) is 73.0 Å². The van der Waals surface area contributed by atoms with Gasteiger partial charge in [-0.2, -0.15) is 0 Å². The molecule has 4 rings (SSSR count). The zero-order chi connectivity index (χ0) is 36.0. The number of methoxy groups -OCH3 is 2. The molecule has 0 saturated carbocycles. The van der Waals surface area contributed by atoms with Gasteiger partial charge in [0.25, 0.3) is 5.91 Å². The summed E-state index contributed by atoms with van der Waals surface area (Å²) in [5.74, 6) is -5.64. The van der Waals surface area contributed by atoms with Crippen LogP contribution in [0, 0.1) is 17.6 Å². The maximum Gasteiger partial charge on any atom is 0.411 e. The highest BCUT2D eigenvalue weighted by Crippen LogP contribution is 2.44. The van der Waals surface area contributed by atoms with Gasteiger partial charge >= 0.3 is 12.1 Å². The van der Waals surface area contributed by atoms with E-state index < -0.39 is 68.9 Å². The Kier molecular flexibility index (Phi) is 11.4. The van der Waals surface area contributed by atoms with Crippen LogP contribution in [0.2, 0.25) is 0 Å². The molecule has 1 aliphatic heterocycles. The highest BCUT2D eigenvalue weighted by molar-refractivity contribution is 7.91. The number of hydrogen-bond acceptors (Lipinski definition) is 10. The van der Waals surface area contributed by atoms with Crippen molar-refractivity contribution in [3.8, 4) is 5.75 Å². The van der Waals surface area contributed by atoms with Gasteiger partial charge in [-0.25, -0.2) is 22.0 Å². The van der Waals surface area contributed by atoms with Crippen molar-refractivity contribution in [3.05, 3.63) is 82.9 Å². The number of nitrogens with one attached hydrogen (secondary N) is 2. The van der Waals surface area contributed by atoms with Crippen LogP contribution in [0.25, 0.3) is 0 Å². The van der Waals surface area contributed by atoms with Gasteiger partial charge < -0.3 is 30.2 Å². The first-order chi connectivity index (χ1) is 23.3. The van der Waals surface area contributed by atoms with Crippen molar-refractivity contribution in [3.63, 3.8) is 0 Å². The van der Waals surface area contributed by atoms with Gasteiger partial charge in [-0.3, -0.25) is 19.7 Å². The molecule has 0 bridgehead atoms. The maximum atomic E-state index is 14.7. The topological polar surface area (TPSA) is 183 Å². The molecule has 4 N–H and O–H groups in total. The van der Waals surface area contributed by atoms with Crippen molar-refractivity contribution in [2.24, 2.45) is 11.7 Å². The Labute approximate surface area is 281 Å². The second kappa shape index (κ2) is 15.3. The molecule has 0 aliphatic carbocycles. The van der Waals surface area contributed by atoms with Crippen LogP contribution < -0.4 is 21.1 Å². The summed E-state index contributed by atoms with van der Waals surface area (Å²) in [6, 6.07) is 8.36. The summed E-state index contributed by atoms with van der Waals surface area (Å²) in [5.41, 5.74) is 5.30. The first kappa shape index (κ1) is 36.6. The molecular weight excluding hydrogens is 666 g/mol. The Morgan fingerprint density at radius 2 is 1.67 bits per heavy atom. The molecule has 1 saturated heterocycles. The molecule has 1 heterocycles.